The summed E-state index contributed by atoms with van der Waals surface area (Å²) in [7, 11) is 0. The second kappa shape index (κ2) is 4.34. The van der Waals surface area contributed by atoms with E-state index < -0.39 is 0 Å². The van der Waals surface area contributed by atoms with E-state index in [1.165, 1.54) is 18.9 Å². The van der Waals surface area contributed by atoms with Crippen molar-refractivity contribution in [3.63, 3.8) is 0 Å². The van der Waals surface area contributed by atoms with Gasteiger partial charge in [-0.05, 0) is 44.7 Å². The topological polar surface area (TPSA) is 12.0 Å². The maximum atomic E-state index is 13.5. The zero-order chi connectivity index (χ0) is 11.8. The Balaban J connectivity index is 2.04. The summed E-state index contributed by atoms with van der Waals surface area (Å²) in [6.07, 6.45) is 2.54. The van der Waals surface area contributed by atoms with Crippen molar-refractivity contribution < 1.29 is 4.39 Å². The largest absolute Gasteiger partial charge is 0.307 e. The second-order valence-electron chi connectivity index (χ2n) is 5.05. The van der Waals surface area contributed by atoms with Crippen molar-refractivity contribution in [1.82, 2.24) is 5.32 Å². The summed E-state index contributed by atoms with van der Waals surface area (Å²) < 4.78 is 13.5. The molecule has 0 saturated heterocycles. The van der Waals surface area contributed by atoms with Gasteiger partial charge in [-0.25, -0.2) is 4.39 Å². The normalized spacial score (nSPS) is 16.5. The molecule has 0 heterocycles. The molecule has 1 nitrogen and oxygen atoms in total. The van der Waals surface area contributed by atoms with Crippen LogP contribution in [0.4, 0.5) is 4.39 Å². The third-order valence-corrected chi connectivity index (χ3v) is 3.73. The molecule has 0 amide bonds. The number of halogens is 2. The molecule has 2 rings (SSSR count). The highest BCUT2D eigenvalue weighted by Crippen LogP contribution is 2.39. The van der Waals surface area contributed by atoms with Crippen molar-refractivity contribution in [3.05, 3.63) is 34.6 Å². The molecular formula is C13H17ClFN. The van der Waals surface area contributed by atoms with E-state index in [4.69, 9.17) is 11.6 Å². The average molecular weight is 242 g/mol. The molecule has 3 heteroatoms. The van der Waals surface area contributed by atoms with Crippen molar-refractivity contribution in [2.24, 2.45) is 5.92 Å². The molecule has 1 fully saturated rings. The van der Waals surface area contributed by atoms with Gasteiger partial charge in [0, 0.05) is 22.7 Å². The van der Waals surface area contributed by atoms with Crippen molar-refractivity contribution in [1.29, 1.82) is 0 Å². The third-order valence-electron chi connectivity index (χ3n) is 3.38. The Labute approximate surface area is 101 Å². The minimum absolute atomic E-state index is 0.0750. The molecule has 1 saturated carbocycles. The molecule has 0 aromatic heterocycles. The standard InChI is InChI=1S/C13H17ClFN/c1-13(2,9-6-7-9)16-8-10-11(14)4-3-5-12(10)15/h3-5,9,16H,6-8H2,1-2H3. The van der Waals surface area contributed by atoms with Crippen molar-refractivity contribution >= 4 is 11.6 Å². The van der Waals surface area contributed by atoms with Crippen LogP contribution < -0.4 is 5.32 Å². The zero-order valence-electron chi connectivity index (χ0n) is 9.69. The Bertz CT molecular complexity index is 365. The predicted molar refractivity (Wildman–Crippen MR) is 65.1 cm³/mol. The molecule has 0 aliphatic heterocycles. The van der Waals surface area contributed by atoms with Crippen molar-refractivity contribution in [3.8, 4) is 0 Å². The van der Waals surface area contributed by atoms with E-state index in [0.29, 0.717) is 17.1 Å². The molecule has 16 heavy (non-hydrogen) atoms. The predicted octanol–water partition coefficient (Wildman–Crippen LogP) is 3.76. The Kier molecular flexibility index (Phi) is 3.22. The first-order valence-electron chi connectivity index (χ1n) is 5.68. The molecule has 88 valence electrons. The molecule has 0 unspecified atom stereocenters. The molecule has 1 aromatic carbocycles. The molecule has 0 atom stereocenters. The lowest BCUT2D eigenvalue weighted by molar-refractivity contribution is 0.337. The van der Waals surface area contributed by atoms with Crippen LogP contribution in [0.2, 0.25) is 5.02 Å². The lowest BCUT2D eigenvalue weighted by Gasteiger charge is -2.26. The Morgan fingerprint density at radius 3 is 2.69 bits per heavy atom. The van der Waals surface area contributed by atoms with E-state index in [1.807, 2.05) is 0 Å². The highest BCUT2D eigenvalue weighted by molar-refractivity contribution is 6.31. The zero-order valence-corrected chi connectivity index (χ0v) is 10.4. The van der Waals surface area contributed by atoms with Crippen LogP contribution in [0.1, 0.15) is 32.3 Å². The fourth-order valence-electron chi connectivity index (χ4n) is 1.97. The summed E-state index contributed by atoms with van der Waals surface area (Å²) in [6, 6.07) is 4.81. The lowest BCUT2D eigenvalue weighted by Crippen LogP contribution is -2.41. The number of hydrogen-bond donors (Lipinski definition) is 1. The maximum Gasteiger partial charge on any atom is 0.129 e. The van der Waals surface area contributed by atoms with Gasteiger partial charge >= 0.3 is 0 Å². The second-order valence-corrected chi connectivity index (χ2v) is 5.46. The summed E-state index contributed by atoms with van der Waals surface area (Å²) in [4.78, 5) is 0. The van der Waals surface area contributed by atoms with Crippen LogP contribution in [0.15, 0.2) is 18.2 Å². The van der Waals surface area contributed by atoms with Gasteiger partial charge in [-0.1, -0.05) is 17.7 Å². The quantitative estimate of drug-likeness (QED) is 0.847. The highest BCUT2D eigenvalue weighted by Gasteiger charge is 2.37. The summed E-state index contributed by atoms with van der Waals surface area (Å²) >= 11 is 5.97. The van der Waals surface area contributed by atoms with Crippen LogP contribution in [-0.4, -0.2) is 5.54 Å². The van der Waals surface area contributed by atoms with E-state index in [9.17, 15) is 4.39 Å². The SMILES string of the molecule is CC(C)(NCc1c(F)cccc1Cl)C1CC1. The van der Waals surface area contributed by atoms with Crippen LogP contribution in [0.5, 0.6) is 0 Å². The van der Waals surface area contributed by atoms with Crippen LogP contribution in [0.25, 0.3) is 0 Å². The number of nitrogens with one attached hydrogen (secondary N) is 1. The van der Waals surface area contributed by atoms with Gasteiger partial charge in [0.25, 0.3) is 0 Å². The summed E-state index contributed by atoms with van der Waals surface area (Å²) in [5, 5.41) is 3.89. The fourth-order valence-corrected chi connectivity index (χ4v) is 2.20. The van der Waals surface area contributed by atoms with Gasteiger partial charge in [-0.3, -0.25) is 0 Å². The van der Waals surface area contributed by atoms with Gasteiger partial charge < -0.3 is 5.32 Å². The molecule has 1 aromatic rings. The van der Waals surface area contributed by atoms with Gasteiger partial charge in [-0.2, -0.15) is 0 Å². The van der Waals surface area contributed by atoms with Crippen LogP contribution in [-0.2, 0) is 6.54 Å². The van der Waals surface area contributed by atoms with Crippen LogP contribution in [0.3, 0.4) is 0 Å². The molecule has 0 spiro atoms. The lowest BCUT2D eigenvalue weighted by atomic mass is 9.98. The summed E-state index contributed by atoms with van der Waals surface area (Å²) in [5.41, 5.74) is 0.643. The van der Waals surface area contributed by atoms with Gasteiger partial charge in [-0.15, -0.1) is 0 Å². The Hall–Kier alpha value is -0.600. The van der Waals surface area contributed by atoms with E-state index in [0.717, 1.165) is 5.92 Å². The van der Waals surface area contributed by atoms with E-state index in [-0.39, 0.29) is 11.4 Å². The van der Waals surface area contributed by atoms with Crippen LogP contribution in [0, 0.1) is 11.7 Å². The van der Waals surface area contributed by atoms with Gasteiger partial charge in [0.15, 0.2) is 0 Å². The van der Waals surface area contributed by atoms with Crippen LogP contribution >= 0.6 is 11.6 Å². The first-order valence-corrected chi connectivity index (χ1v) is 6.06. The van der Waals surface area contributed by atoms with E-state index in [1.54, 1.807) is 12.1 Å². The Morgan fingerprint density at radius 1 is 1.44 bits per heavy atom. The molecule has 1 aliphatic rings. The van der Waals surface area contributed by atoms with Crippen molar-refractivity contribution in [2.75, 3.05) is 0 Å². The summed E-state index contributed by atoms with van der Waals surface area (Å²) in [5.74, 6) is 0.490. The molecular weight excluding hydrogens is 225 g/mol. The van der Waals surface area contributed by atoms with Gasteiger partial charge in [0.1, 0.15) is 5.82 Å². The summed E-state index contributed by atoms with van der Waals surface area (Å²) in [6.45, 7) is 4.83. The Morgan fingerprint density at radius 2 is 2.12 bits per heavy atom. The maximum absolute atomic E-state index is 13.5. The monoisotopic (exact) mass is 241 g/mol. The van der Waals surface area contributed by atoms with Gasteiger partial charge in [0.2, 0.25) is 0 Å². The third kappa shape index (κ3) is 2.55. The van der Waals surface area contributed by atoms with E-state index in [2.05, 4.69) is 19.2 Å². The minimum atomic E-state index is -0.230. The first kappa shape index (κ1) is 11.9. The fraction of sp³-hybridized carbons (Fsp3) is 0.538. The minimum Gasteiger partial charge on any atom is -0.307 e. The number of benzene rings is 1. The van der Waals surface area contributed by atoms with E-state index >= 15 is 0 Å². The molecule has 0 radical (unpaired) electrons. The van der Waals surface area contributed by atoms with Crippen molar-refractivity contribution in [2.45, 2.75) is 38.8 Å². The number of hydrogen-bond acceptors (Lipinski definition) is 1. The molecule has 1 aliphatic carbocycles. The first-order chi connectivity index (χ1) is 7.50. The van der Waals surface area contributed by atoms with Gasteiger partial charge in [0.05, 0.1) is 0 Å². The number of rotatable bonds is 4. The molecule has 1 N–H and O–H groups in total. The molecule has 0 bridgehead atoms. The smallest absolute Gasteiger partial charge is 0.129 e. The average Bonchev–Trinajstić information content (AvgIpc) is 2.99. The highest BCUT2D eigenvalue weighted by atomic mass is 35.5.